The molecule has 0 unspecified atom stereocenters. The van der Waals surface area contributed by atoms with Gasteiger partial charge in [0.15, 0.2) is 6.10 Å². The molecule has 0 amide bonds. The highest BCUT2D eigenvalue weighted by atomic mass is 35.5. The standard InChI is InChI=1S/C34H36ClF3N4O5S/c1-18-14-24(30-29(39-18)26(17-48-30)33(44)45)23-15-21(35)4-7-28(23)47-13-12-42-19(2)40-27-6-5-22(16-25(27)32(42)43)41-10-8-20(9-11-41)31(46-3)34(36,37)38/h4,7,14-15,17,20,22,31H,5-6,8-13,16H2,1-3H3,(H,44,45)/t22-,31+/m1/s1. The summed E-state index contributed by atoms with van der Waals surface area (Å²) >= 11 is 7.68. The number of halogens is 4. The van der Waals surface area contributed by atoms with E-state index < -0.39 is 24.2 Å². The average molecular weight is 705 g/mol. The number of carbonyl (C=O) groups is 1. The number of ether oxygens (including phenoxy) is 2. The minimum Gasteiger partial charge on any atom is -0.491 e. The molecule has 4 heterocycles. The second-order valence-corrected chi connectivity index (χ2v) is 13.8. The number of aromatic nitrogens is 3. The molecule has 1 aliphatic carbocycles. The molecular weight excluding hydrogens is 669 g/mol. The van der Waals surface area contributed by atoms with Gasteiger partial charge in [-0.05, 0) is 89.2 Å². The van der Waals surface area contributed by atoms with Crippen LogP contribution in [0.4, 0.5) is 13.2 Å². The lowest BCUT2D eigenvalue weighted by Crippen LogP contribution is -2.49. The summed E-state index contributed by atoms with van der Waals surface area (Å²) in [5.74, 6) is -0.518. The molecular formula is C34H36ClF3N4O5S. The average Bonchev–Trinajstić information content (AvgIpc) is 3.47. The van der Waals surface area contributed by atoms with Crippen molar-refractivity contribution in [2.24, 2.45) is 5.92 Å². The highest BCUT2D eigenvalue weighted by molar-refractivity contribution is 7.18. The lowest BCUT2D eigenvalue weighted by Gasteiger charge is -2.41. The van der Waals surface area contributed by atoms with E-state index in [4.69, 9.17) is 26.1 Å². The molecule has 9 nitrogen and oxygen atoms in total. The van der Waals surface area contributed by atoms with Gasteiger partial charge in [0.1, 0.15) is 18.2 Å². The van der Waals surface area contributed by atoms with Crippen LogP contribution in [0.2, 0.25) is 5.02 Å². The highest BCUT2D eigenvalue weighted by Crippen LogP contribution is 2.40. The number of aromatic carboxylic acids is 1. The van der Waals surface area contributed by atoms with Crippen molar-refractivity contribution >= 4 is 39.1 Å². The summed E-state index contributed by atoms with van der Waals surface area (Å²) in [5, 5.41) is 11.7. The summed E-state index contributed by atoms with van der Waals surface area (Å²) < 4.78 is 53.6. The monoisotopic (exact) mass is 704 g/mol. The van der Waals surface area contributed by atoms with E-state index in [0.29, 0.717) is 82.4 Å². The Labute approximate surface area is 284 Å². The number of alkyl halides is 3. The second kappa shape index (κ2) is 13.8. The van der Waals surface area contributed by atoms with E-state index >= 15 is 0 Å². The van der Waals surface area contributed by atoms with E-state index in [1.54, 1.807) is 42.0 Å². The Kier molecular flexibility index (Phi) is 9.85. The molecule has 1 N–H and O–H groups in total. The number of benzene rings is 1. The van der Waals surface area contributed by atoms with Crippen LogP contribution in [0.5, 0.6) is 5.75 Å². The van der Waals surface area contributed by atoms with Crippen LogP contribution in [0, 0.1) is 19.8 Å². The number of rotatable bonds is 9. The van der Waals surface area contributed by atoms with Gasteiger partial charge in [0.25, 0.3) is 5.56 Å². The number of aryl methyl sites for hydroxylation is 3. The fourth-order valence-corrected chi connectivity index (χ4v) is 8.32. The Bertz CT molecular complexity index is 1900. The summed E-state index contributed by atoms with van der Waals surface area (Å²) in [6, 6.07) is 7.16. The van der Waals surface area contributed by atoms with Crippen molar-refractivity contribution in [1.29, 1.82) is 0 Å². The summed E-state index contributed by atoms with van der Waals surface area (Å²) in [6.45, 7) is 5.05. The van der Waals surface area contributed by atoms with Crippen LogP contribution in [0.15, 0.2) is 34.4 Å². The van der Waals surface area contributed by atoms with Gasteiger partial charge < -0.3 is 19.5 Å². The Balaban J connectivity index is 1.18. The van der Waals surface area contributed by atoms with Gasteiger partial charge in [-0.15, -0.1) is 11.3 Å². The number of methoxy groups -OCH3 is 1. The first kappa shape index (κ1) is 34.3. The maximum atomic E-state index is 13.8. The number of nitrogens with zero attached hydrogens (tertiary/aromatic N) is 4. The van der Waals surface area contributed by atoms with Crippen molar-refractivity contribution in [3.63, 3.8) is 0 Å². The number of pyridine rings is 1. The van der Waals surface area contributed by atoms with E-state index in [1.807, 2.05) is 6.07 Å². The van der Waals surface area contributed by atoms with E-state index in [1.165, 1.54) is 11.3 Å². The SMILES string of the molecule is CO[C@@H](C1CCN([C@@H]2CCc3nc(C)n(CCOc4ccc(Cl)cc4-c4cc(C)nc5c(C(=O)O)csc45)c(=O)c3C2)CC1)C(F)(F)F. The maximum absolute atomic E-state index is 13.8. The number of carboxylic acids is 1. The minimum atomic E-state index is -4.39. The third-order valence-electron chi connectivity index (χ3n) is 9.47. The molecule has 14 heteroatoms. The van der Waals surface area contributed by atoms with Crippen LogP contribution in [0.25, 0.3) is 21.3 Å². The number of likely N-dealkylation sites (tertiary alicyclic amines) is 1. The molecule has 4 aromatic rings. The normalized spacial score (nSPS) is 18.2. The molecule has 6 rings (SSSR count). The number of piperidine rings is 1. The number of fused-ring (bicyclic) bond motifs is 2. The van der Waals surface area contributed by atoms with E-state index in [9.17, 15) is 27.9 Å². The topological polar surface area (TPSA) is 107 Å². The molecule has 256 valence electrons. The molecule has 0 saturated carbocycles. The highest BCUT2D eigenvalue weighted by Gasteiger charge is 2.46. The molecule has 0 radical (unpaired) electrons. The largest absolute Gasteiger partial charge is 0.491 e. The van der Waals surface area contributed by atoms with Crippen LogP contribution < -0.4 is 10.3 Å². The number of carboxylic acid groups (broad SMARTS) is 1. The lowest BCUT2D eigenvalue weighted by atomic mass is 9.86. The summed E-state index contributed by atoms with van der Waals surface area (Å²) in [7, 11) is 1.12. The van der Waals surface area contributed by atoms with Crippen molar-refractivity contribution in [3.05, 3.63) is 73.4 Å². The molecule has 1 aliphatic heterocycles. The Morgan fingerprint density at radius 2 is 1.90 bits per heavy atom. The van der Waals surface area contributed by atoms with Crippen LogP contribution in [0.1, 0.15) is 52.4 Å². The van der Waals surface area contributed by atoms with E-state index in [0.717, 1.165) is 24.8 Å². The molecule has 0 bridgehead atoms. The van der Waals surface area contributed by atoms with Crippen molar-refractivity contribution in [2.45, 2.75) is 70.8 Å². The first-order valence-electron chi connectivity index (χ1n) is 15.8. The fraction of sp³-hybridized carbons (Fsp3) is 0.471. The number of hydrogen-bond acceptors (Lipinski definition) is 8. The first-order chi connectivity index (χ1) is 22.8. The predicted octanol–water partition coefficient (Wildman–Crippen LogP) is 6.71. The zero-order chi connectivity index (χ0) is 34.3. The van der Waals surface area contributed by atoms with Gasteiger partial charge in [0, 0.05) is 45.9 Å². The van der Waals surface area contributed by atoms with Gasteiger partial charge in [0.2, 0.25) is 0 Å². The zero-order valence-electron chi connectivity index (χ0n) is 26.8. The molecule has 1 aromatic carbocycles. The van der Waals surface area contributed by atoms with Crippen LogP contribution in [-0.4, -0.2) is 75.6 Å². The Hall–Kier alpha value is -3.52. The molecule has 2 aliphatic rings. The van der Waals surface area contributed by atoms with Gasteiger partial charge in [0.05, 0.1) is 28.0 Å². The van der Waals surface area contributed by atoms with Crippen molar-refractivity contribution in [2.75, 3.05) is 26.8 Å². The van der Waals surface area contributed by atoms with Gasteiger partial charge in [-0.3, -0.25) is 14.3 Å². The van der Waals surface area contributed by atoms with Gasteiger partial charge >= 0.3 is 12.1 Å². The maximum Gasteiger partial charge on any atom is 0.414 e. The van der Waals surface area contributed by atoms with Crippen LogP contribution in [0.3, 0.4) is 0 Å². The van der Waals surface area contributed by atoms with E-state index in [-0.39, 0.29) is 30.3 Å². The van der Waals surface area contributed by atoms with Crippen LogP contribution in [-0.2, 0) is 24.1 Å². The summed E-state index contributed by atoms with van der Waals surface area (Å²) in [6.07, 6.45) is -3.44. The summed E-state index contributed by atoms with van der Waals surface area (Å²) in [4.78, 5) is 37.1. The minimum absolute atomic E-state index is 0.0587. The molecule has 2 atom stereocenters. The summed E-state index contributed by atoms with van der Waals surface area (Å²) in [5.41, 5.74) is 3.93. The van der Waals surface area contributed by atoms with Gasteiger partial charge in [-0.2, -0.15) is 13.2 Å². The predicted molar refractivity (Wildman–Crippen MR) is 177 cm³/mol. The Morgan fingerprint density at radius 3 is 2.58 bits per heavy atom. The second-order valence-electron chi connectivity index (χ2n) is 12.4. The molecule has 48 heavy (non-hydrogen) atoms. The molecule has 1 saturated heterocycles. The van der Waals surface area contributed by atoms with Crippen molar-refractivity contribution in [3.8, 4) is 16.9 Å². The zero-order valence-corrected chi connectivity index (χ0v) is 28.3. The van der Waals surface area contributed by atoms with Crippen LogP contribution >= 0.6 is 22.9 Å². The fourth-order valence-electron chi connectivity index (χ4n) is 7.14. The third-order valence-corrected chi connectivity index (χ3v) is 10.7. The molecule has 0 spiro atoms. The lowest BCUT2D eigenvalue weighted by molar-refractivity contribution is -0.232. The van der Waals surface area contributed by atoms with Crippen molar-refractivity contribution in [1.82, 2.24) is 19.4 Å². The van der Waals surface area contributed by atoms with Gasteiger partial charge in [-0.1, -0.05) is 11.6 Å². The smallest absolute Gasteiger partial charge is 0.414 e. The Morgan fingerprint density at radius 1 is 1.15 bits per heavy atom. The quantitative estimate of drug-likeness (QED) is 0.205. The van der Waals surface area contributed by atoms with Gasteiger partial charge in [-0.25, -0.2) is 9.78 Å². The molecule has 1 fully saturated rings. The third kappa shape index (κ3) is 6.83. The number of thiophene rings is 1. The number of hydrogen-bond donors (Lipinski definition) is 1. The van der Waals surface area contributed by atoms with Crippen molar-refractivity contribution < 1.29 is 32.5 Å². The first-order valence-corrected chi connectivity index (χ1v) is 17.1. The molecule has 3 aromatic heterocycles. The van der Waals surface area contributed by atoms with E-state index in [2.05, 4.69) is 9.88 Å².